The van der Waals surface area contributed by atoms with E-state index in [0.29, 0.717) is 11.5 Å². The average Bonchev–Trinajstić information content (AvgIpc) is 3.23. The lowest BCUT2D eigenvalue weighted by atomic mass is 10.0. The normalized spacial score (nSPS) is 18.3. The third-order valence-electron chi connectivity index (χ3n) is 5.60. The summed E-state index contributed by atoms with van der Waals surface area (Å²) in [5.74, 6) is 1.78. The molecule has 4 rings (SSSR count). The van der Waals surface area contributed by atoms with E-state index in [-0.39, 0.29) is 24.3 Å². The van der Waals surface area contributed by atoms with Gasteiger partial charge < -0.3 is 19.1 Å². The maximum atomic E-state index is 12.9. The van der Waals surface area contributed by atoms with Gasteiger partial charge in [-0.15, -0.1) is 0 Å². The van der Waals surface area contributed by atoms with E-state index in [1.54, 1.807) is 13.2 Å². The second-order valence-corrected chi connectivity index (χ2v) is 9.26. The van der Waals surface area contributed by atoms with Gasteiger partial charge in [-0.05, 0) is 36.9 Å². The number of benzene rings is 2. The Morgan fingerprint density at radius 3 is 2.43 bits per heavy atom. The van der Waals surface area contributed by atoms with Crippen LogP contribution in [0.2, 0.25) is 0 Å². The predicted octanol–water partition coefficient (Wildman–Crippen LogP) is 1.69. The van der Waals surface area contributed by atoms with Crippen molar-refractivity contribution in [3.05, 3.63) is 48.0 Å². The lowest BCUT2D eigenvalue weighted by Crippen LogP contribution is -2.48. The monoisotopic (exact) mass is 433 g/mol. The molecule has 30 heavy (non-hydrogen) atoms. The van der Waals surface area contributed by atoms with Gasteiger partial charge in [0.1, 0.15) is 5.75 Å². The van der Waals surface area contributed by atoms with Crippen LogP contribution < -0.4 is 18.9 Å². The van der Waals surface area contributed by atoms with E-state index in [0.717, 1.165) is 37.5 Å². The molecule has 2 aromatic carbocycles. The summed E-state index contributed by atoms with van der Waals surface area (Å²) >= 11 is 0. The van der Waals surface area contributed by atoms with Gasteiger partial charge >= 0.3 is 0 Å². The third kappa shape index (κ3) is 4.54. The first-order chi connectivity index (χ1) is 14.5. The lowest BCUT2D eigenvalue weighted by molar-refractivity contribution is 0.113. The molecule has 8 nitrogen and oxygen atoms in total. The number of rotatable bonds is 7. The number of hydrogen-bond donors (Lipinski definition) is 1. The number of sulfonamides is 1. The third-order valence-corrected chi connectivity index (χ3v) is 7.02. The van der Waals surface area contributed by atoms with Crippen LogP contribution in [0.25, 0.3) is 0 Å². The van der Waals surface area contributed by atoms with Crippen molar-refractivity contribution in [1.82, 2.24) is 14.5 Å². The first-order valence-electron chi connectivity index (χ1n) is 9.92. The minimum absolute atomic E-state index is 0.0756. The second kappa shape index (κ2) is 8.81. The minimum atomic E-state index is -3.69. The summed E-state index contributed by atoms with van der Waals surface area (Å²) in [7, 11) is 0.0362. The molecule has 1 N–H and O–H groups in total. The molecule has 0 saturated carbocycles. The first-order valence-corrected chi connectivity index (χ1v) is 11.4. The van der Waals surface area contributed by atoms with E-state index in [9.17, 15) is 8.42 Å². The SMILES string of the molecule is COc1ccc([C@H](CNS(=O)(=O)c2ccc3c(c2)OCO3)N2CCN(C)CC2)cc1. The molecular weight excluding hydrogens is 406 g/mol. The Morgan fingerprint density at radius 1 is 1.03 bits per heavy atom. The summed E-state index contributed by atoms with van der Waals surface area (Å²) in [5, 5.41) is 0. The Labute approximate surface area is 177 Å². The van der Waals surface area contributed by atoms with Crippen LogP contribution in [-0.4, -0.2) is 71.9 Å². The zero-order chi connectivity index (χ0) is 21.1. The molecule has 0 amide bonds. The maximum Gasteiger partial charge on any atom is 0.240 e. The number of nitrogens with zero attached hydrogens (tertiary/aromatic N) is 2. The molecule has 1 atom stereocenters. The van der Waals surface area contributed by atoms with Crippen LogP contribution in [0.4, 0.5) is 0 Å². The van der Waals surface area contributed by atoms with Gasteiger partial charge in [0.25, 0.3) is 0 Å². The summed E-state index contributed by atoms with van der Waals surface area (Å²) in [5.41, 5.74) is 1.05. The van der Waals surface area contributed by atoms with Crippen molar-refractivity contribution in [3.63, 3.8) is 0 Å². The Balaban J connectivity index is 1.53. The lowest BCUT2D eigenvalue weighted by Gasteiger charge is -2.38. The van der Waals surface area contributed by atoms with Crippen LogP contribution >= 0.6 is 0 Å². The van der Waals surface area contributed by atoms with Crippen LogP contribution in [0.3, 0.4) is 0 Å². The molecule has 0 spiro atoms. The quantitative estimate of drug-likeness (QED) is 0.712. The molecule has 162 valence electrons. The molecule has 2 heterocycles. The van der Waals surface area contributed by atoms with Gasteiger partial charge in [0, 0.05) is 44.8 Å². The molecule has 0 bridgehead atoms. The summed E-state index contributed by atoms with van der Waals surface area (Å²) in [4.78, 5) is 4.76. The van der Waals surface area contributed by atoms with Crippen LogP contribution in [0.15, 0.2) is 47.4 Å². The Kier molecular flexibility index (Phi) is 6.14. The van der Waals surface area contributed by atoms with Crippen LogP contribution in [-0.2, 0) is 10.0 Å². The molecule has 2 aliphatic rings. The van der Waals surface area contributed by atoms with Gasteiger partial charge in [0.05, 0.1) is 12.0 Å². The number of hydrogen-bond acceptors (Lipinski definition) is 7. The highest BCUT2D eigenvalue weighted by molar-refractivity contribution is 7.89. The number of piperazine rings is 1. The Hall–Kier alpha value is -2.33. The molecule has 0 unspecified atom stereocenters. The minimum Gasteiger partial charge on any atom is -0.497 e. The molecule has 0 aromatic heterocycles. The molecule has 0 radical (unpaired) electrons. The summed E-state index contributed by atoms with van der Waals surface area (Å²) in [6.45, 7) is 4.02. The van der Waals surface area contributed by atoms with E-state index < -0.39 is 10.0 Å². The smallest absolute Gasteiger partial charge is 0.240 e. The van der Waals surface area contributed by atoms with E-state index in [4.69, 9.17) is 14.2 Å². The standard InChI is InChI=1S/C21H27N3O5S/c1-23-9-11-24(12-10-23)19(16-3-5-17(27-2)6-4-16)14-22-30(25,26)18-7-8-20-21(13-18)29-15-28-20/h3-8,13,19,22H,9-12,14-15H2,1-2H3/t19-/m0/s1. The molecule has 1 fully saturated rings. The highest BCUT2D eigenvalue weighted by Crippen LogP contribution is 2.34. The van der Waals surface area contributed by atoms with Crippen molar-refractivity contribution in [3.8, 4) is 17.2 Å². The van der Waals surface area contributed by atoms with Gasteiger partial charge in [0.2, 0.25) is 16.8 Å². The number of ether oxygens (including phenoxy) is 3. The predicted molar refractivity (Wildman–Crippen MR) is 113 cm³/mol. The van der Waals surface area contributed by atoms with Crippen LogP contribution in [0, 0.1) is 0 Å². The maximum absolute atomic E-state index is 12.9. The van der Waals surface area contributed by atoms with Crippen molar-refractivity contribution in [1.29, 1.82) is 0 Å². The van der Waals surface area contributed by atoms with E-state index in [1.807, 2.05) is 24.3 Å². The van der Waals surface area contributed by atoms with Gasteiger partial charge in [-0.3, -0.25) is 4.90 Å². The molecule has 9 heteroatoms. The number of nitrogens with one attached hydrogen (secondary N) is 1. The zero-order valence-electron chi connectivity index (χ0n) is 17.2. The van der Waals surface area contributed by atoms with E-state index in [2.05, 4.69) is 21.6 Å². The fraction of sp³-hybridized carbons (Fsp3) is 0.429. The van der Waals surface area contributed by atoms with Gasteiger partial charge in [-0.25, -0.2) is 13.1 Å². The number of fused-ring (bicyclic) bond motifs is 1. The van der Waals surface area contributed by atoms with Crippen molar-refractivity contribution < 1.29 is 22.6 Å². The average molecular weight is 434 g/mol. The number of methoxy groups -OCH3 is 1. The van der Waals surface area contributed by atoms with Crippen molar-refractivity contribution in [2.24, 2.45) is 0 Å². The van der Waals surface area contributed by atoms with Gasteiger partial charge in [-0.2, -0.15) is 0 Å². The molecule has 2 aromatic rings. The van der Waals surface area contributed by atoms with E-state index in [1.165, 1.54) is 12.1 Å². The van der Waals surface area contributed by atoms with Gasteiger partial charge in [-0.1, -0.05) is 12.1 Å². The largest absolute Gasteiger partial charge is 0.497 e. The first kappa shape index (κ1) is 20.9. The number of likely N-dealkylation sites (N-methyl/N-ethyl adjacent to an activating group) is 1. The van der Waals surface area contributed by atoms with Gasteiger partial charge in [0.15, 0.2) is 11.5 Å². The van der Waals surface area contributed by atoms with Crippen molar-refractivity contribution in [2.45, 2.75) is 10.9 Å². The zero-order valence-corrected chi connectivity index (χ0v) is 18.0. The highest BCUT2D eigenvalue weighted by Gasteiger charge is 2.27. The summed E-state index contributed by atoms with van der Waals surface area (Å²) in [6, 6.07) is 12.4. The van der Waals surface area contributed by atoms with E-state index >= 15 is 0 Å². The summed E-state index contributed by atoms with van der Waals surface area (Å²) in [6.07, 6.45) is 0. The second-order valence-electron chi connectivity index (χ2n) is 7.50. The highest BCUT2D eigenvalue weighted by atomic mass is 32.2. The van der Waals surface area contributed by atoms with Crippen molar-refractivity contribution in [2.75, 3.05) is 53.7 Å². The fourth-order valence-electron chi connectivity index (χ4n) is 3.73. The van der Waals surface area contributed by atoms with Crippen molar-refractivity contribution >= 4 is 10.0 Å². The fourth-order valence-corrected chi connectivity index (χ4v) is 4.79. The summed E-state index contributed by atoms with van der Waals surface area (Å²) < 4.78 is 44.5. The molecule has 2 aliphatic heterocycles. The Bertz CT molecular complexity index is 973. The Morgan fingerprint density at radius 2 is 1.73 bits per heavy atom. The molecular formula is C21H27N3O5S. The topological polar surface area (TPSA) is 80.3 Å². The molecule has 0 aliphatic carbocycles. The van der Waals surface area contributed by atoms with Crippen LogP contribution in [0.1, 0.15) is 11.6 Å². The van der Waals surface area contributed by atoms with Crippen LogP contribution in [0.5, 0.6) is 17.2 Å². The molecule has 1 saturated heterocycles.